The van der Waals surface area contributed by atoms with Crippen LogP contribution in [0.2, 0.25) is 0 Å². The quantitative estimate of drug-likeness (QED) is 0.353. The molecule has 4 aromatic rings. The van der Waals surface area contributed by atoms with Crippen molar-refractivity contribution in [1.29, 1.82) is 0 Å². The number of fused-ring (bicyclic) bond motifs is 1. The fourth-order valence-corrected chi connectivity index (χ4v) is 5.64. The van der Waals surface area contributed by atoms with Crippen LogP contribution in [0.15, 0.2) is 76.2 Å². The fourth-order valence-electron chi connectivity index (χ4n) is 3.31. The van der Waals surface area contributed by atoms with Gasteiger partial charge in [-0.15, -0.1) is 0 Å². The van der Waals surface area contributed by atoms with E-state index in [2.05, 4.69) is 4.98 Å². The lowest BCUT2D eigenvalue weighted by Crippen LogP contribution is -2.30. The van der Waals surface area contributed by atoms with Gasteiger partial charge in [-0.1, -0.05) is 35.6 Å². The molecule has 4 rings (SSSR count). The Balaban J connectivity index is 1.53. The number of ether oxygens (including phenoxy) is 1. The summed E-state index contributed by atoms with van der Waals surface area (Å²) in [5, 5.41) is 0.511. The van der Waals surface area contributed by atoms with Crippen LogP contribution in [0, 0.1) is 0 Å². The summed E-state index contributed by atoms with van der Waals surface area (Å²) in [5.41, 5.74) is 0.680. The van der Waals surface area contributed by atoms with Crippen LogP contribution in [-0.4, -0.2) is 32.2 Å². The van der Waals surface area contributed by atoms with Crippen molar-refractivity contribution in [2.24, 2.45) is 0 Å². The molecule has 2 heterocycles. The first kappa shape index (κ1) is 22.0. The van der Waals surface area contributed by atoms with Gasteiger partial charge in [-0.3, -0.25) is 9.69 Å². The van der Waals surface area contributed by atoms with Crippen LogP contribution in [0.3, 0.4) is 0 Å². The minimum Gasteiger partial charge on any atom is -0.494 e. The summed E-state index contributed by atoms with van der Waals surface area (Å²) in [6, 6.07) is 17.4. The number of sulfone groups is 1. The molecule has 0 saturated heterocycles. The highest BCUT2D eigenvalue weighted by Crippen LogP contribution is 2.35. The number of carbonyl (C=O) groups is 1. The molecule has 2 aromatic carbocycles. The maximum atomic E-state index is 13.1. The van der Waals surface area contributed by atoms with E-state index in [4.69, 9.17) is 9.15 Å². The van der Waals surface area contributed by atoms with Gasteiger partial charge >= 0.3 is 0 Å². The molecule has 7 nitrogen and oxygen atoms in total. The number of furan rings is 1. The second-order valence-electron chi connectivity index (χ2n) is 7.10. The number of hydrogen-bond donors (Lipinski definition) is 0. The number of benzene rings is 2. The third-order valence-corrected chi connectivity index (χ3v) is 7.78. The average molecular weight is 471 g/mol. The number of para-hydroxylation sites is 1. The van der Waals surface area contributed by atoms with Gasteiger partial charge in [0.25, 0.3) is 0 Å². The zero-order chi connectivity index (χ0) is 22.6. The maximum absolute atomic E-state index is 13.1. The van der Waals surface area contributed by atoms with Crippen LogP contribution in [0.5, 0.6) is 5.75 Å². The molecular formula is C23H22N2O5S2. The van der Waals surface area contributed by atoms with Crippen LogP contribution in [-0.2, 0) is 21.2 Å². The van der Waals surface area contributed by atoms with E-state index >= 15 is 0 Å². The highest BCUT2D eigenvalue weighted by atomic mass is 32.2. The molecule has 0 saturated carbocycles. The van der Waals surface area contributed by atoms with Gasteiger partial charge in [0.15, 0.2) is 15.0 Å². The maximum Gasteiger partial charge on any atom is 0.229 e. The smallest absolute Gasteiger partial charge is 0.229 e. The summed E-state index contributed by atoms with van der Waals surface area (Å²) >= 11 is 1.38. The van der Waals surface area contributed by atoms with E-state index in [0.717, 1.165) is 4.70 Å². The lowest BCUT2D eigenvalue weighted by atomic mass is 10.3. The lowest BCUT2D eigenvalue weighted by Gasteiger charge is -2.18. The van der Waals surface area contributed by atoms with Crippen LogP contribution >= 0.6 is 11.3 Å². The Morgan fingerprint density at radius 2 is 1.91 bits per heavy atom. The van der Waals surface area contributed by atoms with Gasteiger partial charge in [-0.25, -0.2) is 13.4 Å². The molecule has 0 aliphatic rings. The van der Waals surface area contributed by atoms with Crippen LogP contribution in [0.4, 0.5) is 5.13 Å². The van der Waals surface area contributed by atoms with Crippen LogP contribution in [0.25, 0.3) is 10.2 Å². The molecule has 166 valence electrons. The van der Waals surface area contributed by atoms with Crippen LogP contribution < -0.4 is 9.64 Å². The van der Waals surface area contributed by atoms with Gasteiger partial charge in [0.2, 0.25) is 5.91 Å². The number of hydrogen-bond acceptors (Lipinski definition) is 7. The van der Waals surface area contributed by atoms with Crippen molar-refractivity contribution in [2.45, 2.75) is 24.3 Å². The number of nitrogens with zero attached hydrogens (tertiary/aromatic N) is 2. The monoisotopic (exact) mass is 470 g/mol. The SMILES string of the molecule is COc1cccc2sc(N(Cc3ccco3)C(=O)CCCS(=O)(=O)c3ccccc3)nc12. The molecule has 0 bridgehead atoms. The highest BCUT2D eigenvalue weighted by Gasteiger charge is 2.23. The Morgan fingerprint density at radius 1 is 1.09 bits per heavy atom. The summed E-state index contributed by atoms with van der Waals surface area (Å²) in [7, 11) is -1.87. The summed E-state index contributed by atoms with van der Waals surface area (Å²) in [5.74, 6) is 0.916. The standard InChI is InChI=1S/C23H22N2O5S2/c1-29-19-11-5-12-20-22(19)24-23(31-20)25(16-17-8-6-14-30-17)21(26)13-7-15-32(27,28)18-9-3-2-4-10-18/h2-6,8-12,14H,7,13,15-16H2,1H3. The van der Waals surface area contributed by atoms with E-state index in [-0.39, 0.29) is 35.9 Å². The Morgan fingerprint density at radius 3 is 2.62 bits per heavy atom. The van der Waals surface area contributed by atoms with Crippen molar-refractivity contribution in [1.82, 2.24) is 4.98 Å². The van der Waals surface area contributed by atoms with E-state index < -0.39 is 9.84 Å². The third kappa shape index (κ3) is 4.84. The number of anilines is 1. The van der Waals surface area contributed by atoms with Gasteiger partial charge in [-0.2, -0.15) is 0 Å². The summed E-state index contributed by atoms with van der Waals surface area (Å²) in [6.07, 6.45) is 1.82. The normalized spacial score (nSPS) is 11.5. The van der Waals surface area contributed by atoms with Crippen molar-refractivity contribution in [3.05, 3.63) is 72.7 Å². The molecule has 32 heavy (non-hydrogen) atoms. The van der Waals surface area contributed by atoms with Gasteiger partial charge in [-0.05, 0) is 42.8 Å². The van der Waals surface area contributed by atoms with Gasteiger partial charge in [0.1, 0.15) is 17.0 Å². The van der Waals surface area contributed by atoms with Crippen molar-refractivity contribution in [2.75, 3.05) is 17.8 Å². The van der Waals surface area contributed by atoms with Gasteiger partial charge in [0, 0.05) is 6.42 Å². The van der Waals surface area contributed by atoms with E-state index in [0.29, 0.717) is 22.2 Å². The molecule has 9 heteroatoms. The Bertz CT molecular complexity index is 1300. The van der Waals surface area contributed by atoms with E-state index in [9.17, 15) is 13.2 Å². The molecule has 2 aromatic heterocycles. The number of thiazole rings is 1. The van der Waals surface area contributed by atoms with Gasteiger partial charge < -0.3 is 9.15 Å². The highest BCUT2D eigenvalue weighted by molar-refractivity contribution is 7.91. The van der Waals surface area contributed by atoms with E-state index in [1.807, 2.05) is 18.2 Å². The second-order valence-corrected chi connectivity index (χ2v) is 10.2. The molecule has 0 aliphatic heterocycles. The van der Waals surface area contributed by atoms with Gasteiger partial charge in [0.05, 0.1) is 35.3 Å². The predicted octanol–water partition coefficient (Wildman–Crippen LogP) is 4.69. The minimum atomic E-state index is -3.44. The molecule has 0 N–H and O–H groups in total. The first-order chi connectivity index (χ1) is 15.5. The number of aromatic nitrogens is 1. The molecule has 0 unspecified atom stereocenters. The molecule has 0 aliphatic carbocycles. The first-order valence-corrected chi connectivity index (χ1v) is 12.5. The zero-order valence-electron chi connectivity index (χ0n) is 17.4. The van der Waals surface area contributed by atoms with Crippen LogP contribution in [0.1, 0.15) is 18.6 Å². The van der Waals surface area contributed by atoms with Crippen molar-refractivity contribution >= 4 is 42.4 Å². The van der Waals surface area contributed by atoms with Crippen molar-refractivity contribution in [3.8, 4) is 5.75 Å². The molecule has 0 atom stereocenters. The van der Waals surface area contributed by atoms with E-state index in [1.54, 1.807) is 55.8 Å². The minimum absolute atomic E-state index is 0.0693. The topological polar surface area (TPSA) is 89.7 Å². The number of carbonyl (C=O) groups excluding carboxylic acids is 1. The number of rotatable bonds is 9. The Labute approximate surface area is 190 Å². The molecule has 0 fully saturated rings. The average Bonchev–Trinajstić information content (AvgIpc) is 3.47. The molecule has 0 radical (unpaired) electrons. The fraction of sp³-hybridized carbons (Fsp3) is 0.217. The summed E-state index contributed by atoms with van der Waals surface area (Å²) in [4.78, 5) is 19.6. The van der Waals surface area contributed by atoms with E-state index in [1.165, 1.54) is 16.2 Å². The summed E-state index contributed by atoms with van der Waals surface area (Å²) in [6.45, 7) is 0.208. The Kier molecular flexibility index (Phi) is 6.57. The molecular weight excluding hydrogens is 448 g/mol. The number of methoxy groups -OCH3 is 1. The lowest BCUT2D eigenvalue weighted by molar-refractivity contribution is -0.118. The Hall–Kier alpha value is -3.17. The van der Waals surface area contributed by atoms with Crippen molar-refractivity contribution in [3.63, 3.8) is 0 Å². The third-order valence-electron chi connectivity index (χ3n) is 4.92. The zero-order valence-corrected chi connectivity index (χ0v) is 19.1. The summed E-state index contributed by atoms with van der Waals surface area (Å²) < 4.78 is 36.8. The first-order valence-electron chi connectivity index (χ1n) is 10.0. The molecule has 1 amide bonds. The van der Waals surface area contributed by atoms with Crippen molar-refractivity contribution < 1.29 is 22.4 Å². The largest absolute Gasteiger partial charge is 0.494 e. The number of amides is 1. The second kappa shape index (κ2) is 9.54. The molecule has 0 spiro atoms. The predicted molar refractivity (Wildman–Crippen MR) is 124 cm³/mol.